The van der Waals surface area contributed by atoms with Gasteiger partial charge in [0.1, 0.15) is 23.4 Å². The lowest BCUT2D eigenvalue weighted by Gasteiger charge is -2.14. The van der Waals surface area contributed by atoms with Crippen molar-refractivity contribution in [2.45, 2.75) is 12.0 Å². The Morgan fingerprint density at radius 1 is 0.675 bits per heavy atom. The van der Waals surface area contributed by atoms with Crippen LogP contribution in [0.4, 0.5) is 0 Å². The monoisotopic (exact) mass is 521 g/mol. The minimum atomic E-state index is -0.0818. The third kappa shape index (κ3) is 3.73. The summed E-state index contributed by atoms with van der Waals surface area (Å²) in [5.41, 5.74) is 3.12. The van der Waals surface area contributed by atoms with Crippen LogP contribution in [0.2, 0.25) is 0 Å². The molecule has 0 N–H and O–H groups in total. The van der Waals surface area contributed by atoms with Crippen molar-refractivity contribution in [3.8, 4) is 34.7 Å². The summed E-state index contributed by atoms with van der Waals surface area (Å²) in [6.07, 6.45) is 11.7. The molecule has 192 valence electrons. The number of fused-ring (bicyclic) bond motifs is 6. The highest BCUT2D eigenvalue weighted by Gasteiger charge is 2.35. The zero-order valence-corrected chi connectivity index (χ0v) is 21.3. The fraction of sp³-hybridized carbons (Fsp3) is 0.0588. The SMILES string of the molecule is C1=CC2Oc3c(Oc4ccc5c6ccccc6n(-c6ccccn6)c5c4)cc(Oc4ccccn4)cc3C2C=C1. The summed E-state index contributed by atoms with van der Waals surface area (Å²) in [4.78, 5) is 8.97. The molecule has 2 atom stereocenters. The van der Waals surface area contributed by atoms with E-state index in [-0.39, 0.29) is 12.0 Å². The van der Waals surface area contributed by atoms with E-state index in [1.54, 1.807) is 6.20 Å². The predicted molar refractivity (Wildman–Crippen MR) is 155 cm³/mol. The van der Waals surface area contributed by atoms with Gasteiger partial charge in [0.15, 0.2) is 11.5 Å². The van der Waals surface area contributed by atoms with E-state index < -0.39 is 0 Å². The summed E-state index contributed by atoms with van der Waals surface area (Å²) < 4.78 is 21.3. The molecule has 0 radical (unpaired) electrons. The summed E-state index contributed by atoms with van der Waals surface area (Å²) in [5, 5.41) is 2.29. The van der Waals surface area contributed by atoms with E-state index in [1.807, 2.05) is 72.9 Å². The second-order valence-corrected chi connectivity index (χ2v) is 9.81. The maximum Gasteiger partial charge on any atom is 0.219 e. The maximum absolute atomic E-state index is 6.59. The standard InChI is InChI=1S/C34H23N3O3/c1-3-11-28-24(9-1)25-16-15-22(20-29(25)37(28)32-13-5-7-17-35-32)38-31-21-23(39-33-14-6-8-18-36-33)19-27-26-10-2-4-12-30(26)40-34(27)31/h1-21,26,30H. The highest BCUT2D eigenvalue weighted by molar-refractivity contribution is 6.09. The van der Waals surface area contributed by atoms with Gasteiger partial charge in [0.25, 0.3) is 0 Å². The average Bonchev–Trinajstić information content (AvgIpc) is 3.54. The van der Waals surface area contributed by atoms with Crippen LogP contribution in [0.25, 0.3) is 27.6 Å². The molecule has 8 rings (SSSR count). The van der Waals surface area contributed by atoms with E-state index in [0.29, 0.717) is 23.1 Å². The zero-order valence-electron chi connectivity index (χ0n) is 21.3. The zero-order chi connectivity index (χ0) is 26.5. The summed E-state index contributed by atoms with van der Waals surface area (Å²) in [7, 11) is 0. The lowest BCUT2D eigenvalue weighted by molar-refractivity contribution is 0.260. The van der Waals surface area contributed by atoms with Crippen LogP contribution in [0.15, 0.2) is 128 Å². The number of rotatable bonds is 5. The molecule has 0 spiro atoms. The quantitative estimate of drug-likeness (QED) is 0.229. The Morgan fingerprint density at radius 2 is 1.50 bits per heavy atom. The molecule has 40 heavy (non-hydrogen) atoms. The van der Waals surface area contributed by atoms with Crippen molar-refractivity contribution in [1.29, 1.82) is 0 Å². The van der Waals surface area contributed by atoms with E-state index in [2.05, 4.69) is 63.1 Å². The first-order valence-electron chi connectivity index (χ1n) is 13.2. The molecule has 0 amide bonds. The van der Waals surface area contributed by atoms with Crippen molar-refractivity contribution < 1.29 is 14.2 Å². The number of para-hydroxylation sites is 1. The van der Waals surface area contributed by atoms with Crippen LogP contribution in [0.5, 0.6) is 28.9 Å². The number of nitrogens with zero attached hydrogens (tertiary/aromatic N) is 3. The maximum atomic E-state index is 6.59. The Balaban J connectivity index is 1.26. The van der Waals surface area contributed by atoms with Gasteiger partial charge in [-0.15, -0.1) is 0 Å². The Labute approximate surface area is 230 Å². The topological polar surface area (TPSA) is 58.4 Å². The Morgan fingerprint density at radius 3 is 2.38 bits per heavy atom. The van der Waals surface area contributed by atoms with Crippen molar-refractivity contribution >= 4 is 21.8 Å². The van der Waals surface area contributed by atoms with Crippen molar-refractivity contribution in [3.63, 3.8) is 0 Å². The molecule has 6 aromatic rings. The molecule has 2 unspecified atom stereocenters. The number of hydrogen-bond acceptors (Lipinski definition) is 5. The molecule has 0 saturated carbocycles. The van der Waals surface area contributed by atoms with Gasteiger partial charge in [-0.3, -0.25) is 4.57 Å². The summed E-state index contributed by atoms with van der Waals surface area (Å²) in [6, 6.07) is 30.0. The number of ether oxygens (including phenoxy) is 3. The molecule has 6 nitrogen and oxygen atoms in total. The van der Waals surface area contributed by atoms with Crippen LogP contribution in [-0.4, -0.2) is 20.6 Å². The van der Waals surface area contributed by atoms with Crippen LogP contribution >= 0.6 is 0 Å². The van der Waals surface area contributed by atoms with Gasteiger partial charge in [0.05, 0.1) is 11.0 Å². The molecule has 2 aliphatic rings. The third-order valence-corrected chi connectivity index (χ3v) is 7.37. The minimum Gasteiger partial charge on any atom is -0.481 e. The molecule has 1 aliphatic heterocycles. The van der Waals surface area contributed by atoms with Gasteiger partial charge in [-0.05, 0) is 48.5 Å². The molecule has 1 aliphatic carbocycles. The third-order valence-electron chi connectivity index (χ3n) is 7.37. The van der Waals surface area contributed by atoms with E-state index in [4.69, 9.17) is 14.2 Å². The lowest BCUT2D eigenvalue weighted by atomic mass is 9.92. The fourth-order valence-corrected chi connectivity index (χ4v) is 5.62. The first kappa shape index (κ1) is 22.6. The largest absolute Gasteiger partial charge is 0.481 e. The first-order chi connectivity index (χ1) is 19.8. The number of pyridine rings is 2. The van der Waals surface area contributed by atoms with Gasteiger partial charge in [-0.2, -0.15) is 0 Å². The summed E-state index contributed by atoms with van der Waals surface area (Å²) in [6.45, 7) is 0. The molecule has 6 heteroatoms. The highest BCUT2D eigenvalue weighted by atomic mass is 16.5. The average molecular weight is 522 g/mol. The van der Waals surface area contributed by atoms with E-state index in [1.165, 1.54) is 0 Å². The van der Waals surface area contributed by atoms with Gasteiger partial charge in [0.2, 0.25) is 5.88 Å². The number of benzene rings is 3. The molecular weight excluding hydrogens is 498 g/mol. The van der Waals surface area contributed by atoms with Crippen molar-refractivity contribution in [2.24, 2.45) is 0 Å². The molecule has 3 aromatic carbocycles. The smallest absolute Gasteiger partial charge is 0.219 e. The fourth-order valence-electron chi connectivity index (χ4n) is 5.62. The second kappa shape index (κ2) is 9.13. The van der Waals surface area contributed by atoms with E-state index >= 15 is 0 Å². The normalized spacial score (nSPS) is 17.0. The second-order valence-electron chi connectivity index (χ2n) is 9.81. The number of allylic oxidation sites excluding steroid dienone is 2. The number of aromatic nitrogens is 3. The van der Waals surface area contributed by atoms with Gasteiger partial charge in [-0.25, -0.2) is 9.97 Å². The van der Waals surface area contributed by atoms with Crippen LogP contribution in [0.1, 0.15) is 11.5 Å². The van der Waals surface area contributed by atoms with Crippen molar-refractivity contribution in [2.75, 3.05) is 0 Å². The molecule has 3 aromatic heterocycles. The van der Waals surface area contributed by atoms with E-state index in [0.717, 1.165) is 38.9 Å². The first-order valence-corrected chi connectivity index (χ1v) is 13.2. The predicted octanol–water partition coefficient (Wildman–Crippen LogP) is 8.13. The Hall–Kier alpha value is -5.36. The molecular formula is C34H23N3O3. The van der Waals surface area contributed by atoms with Gasteiger partial charge in [0, 0.05) is 52.8 Å². The highest BCUT2D eigenvalue weighted by Crippen LogP contribution is 2.50. The number of hydrogen-bond donors (Lipinski definition) is 0. The van der Waals surface area contributed by atoms with Gasteiger partial charge < -0.3 is 14.2 Å². The van der Waals surface area contributed by atoms with Crippen LogP contribution in [0, 0.1) is 0 Å². The van der Waals surface area contributed by atoms with Gasteiger partial charge in [-0.1, -0.05) is 48.6 Å². The summed E-state index contributed by atoms with van der Waals surface area (Å²) in [5.74, 6) is 4.11. The van der Waals surface area contributed by atoms with Crippen LogP contribution in [0.3, 0.4) is 0 Å². The van der Waals surface area contributed by atoms with E-state index in [9.17, 15) is 0 Å². The molecule has 0 bridgehead atoms. The Kier molecular flexibility index (Phi) is 5.16. The van der Waals surface area contributed by atoms with Crippen molar-refractivity contribution in [1.82, 2.24) is 14.5 Å². The van der Waals surface area contributed by atoms with Crippen LogP contribution < -0.4 is 14.2 Å². The molecule has 0 fully saturated rings. The van der Waals surface area contributed by atoms with Gasteiger partial charge >= 0.3 is 0 Å². The lowest BCUT2D eigenvalue weighted by Crippen LogP contribution is -2.15. The summed E-state index contributed by atoms with van der Waals surface area (Å²) >= 11 is 0. The molecule has 4 heterocycles. The Bertz CT molecular complexity index is 1940. The van der Waals surface area contributed by atoms with Crippen molar-refractivity contribution in [3.05, 3.63) is 133 Å². The molecule has 0 saturated heterocycles. The van der Waals surface area contributed by atoms with Crippen LogP contribution in [-0.2, 0) is 0 Å². The minimum absolute atomic E-state index is 0.0818.